The standard InChI is InChI=1S/C20H15N5OS/c1-11-23-19(10-27-11)20(26)24-17-7-14(8-18-15(17)9-22-25-18)13-3-2-12-4-5-21-16(12)6-13/h2-10,21H,1H3,(H,22,25)(H,24,26). The minimum atomic E-state index is -0.223. The number of carbonyl (C=O) groups is 1. The molecule has 3 heterocycles. The zero-order valence-electron chi connectivity index (χ0n) is 14.4. The molecule has 7 heteroatoms. The number of anilines is 1. The second kappa shape index (κ2) is 6.07. The van der Waals surface area contributed by atoms with Gasteiger partial charge in [0.05, 0.1) is 22.4 Å². The number of rotatable bonds is 3. The van der Waals surface area contributed by atoms with Gasteiger partial charge < -0.3 is 10.3 Å². The molecule has 0 saturated carbocycles. The van der Waals surface area contributed by atoms with Crippen molar-refractivity contribution in [1.29, 1.82) is 0 Å². The van der Waals surface area contributed by atoms with Gasteiger partial charge in [0.25, 0.3) is 5.91 Å². The number of aromatic amines is 2. The van der Waals surface area contributed by atoms with Crippen LogP contribution in [0.25, 0.3) is 32.9 Å². The van der Waals surface area contributed by atoms with Crippen molar-refractivity contribution in [3.05, 3.63) is 64.9 Å². The lowest BCUT2D eigenvalue weighted by Gasteiger charge is -2.09. The van der Waals surface area contributed by atoms with Crippen molar-refractivity contribution in [2.45, 2.75) is 6.92 Å². The Morgan fingerprint density at radius 2 is 2.00 bits per heavy atom. The fourth-order valence-corrected chi connectivity index (χ4v) is 3.80. The van der Waals surface area contributed by atoms with E-state index in [-0.39, 0.29) is 5.91 Å². The summed E-state index contributed by atoms with van der Waals surface area (Å²) in [4.78, 5) is 20.1. The van der Waals surface area contributed by atoms with Crippen molar-refractivity contribution in [2.24, 2.45) is 0 Å². The number of nitrogens with one attached hydrogen (secondary N) is 3. The first kappa shape index (κ1) is 15.8. The van der Waals surface area contributed by atoms with E-state index in [4.69, 9.17) is 0 Å². The molecule has 132 valence electrons. The molecule has 27 heavy (non-hydrogen) atoms. The summed E-state index contributed by atoms with van der Waals surface area (Å²) in [7, 11) is 0. The van der Waals surface area contributed by atoms with E-state index in [2.05, 4.69) is 43.7 Å². The van der Waals surface area contributed by atoms with Gasteiger partial charge in [-0.1, -0.05) is 12.1 Å². The minimum absolute atomic E-state index is 0.223. The first-order valence-electron chi connectivity index (χ1n) is 8.45. The summed E-state index contributed by atoms with van der Waals surface area (Å²) >= 11 is 1.46. The average Bonchev–Trinajstić information content (AvgIpc) is 3.40. The van der Waals surface area contributed by atoms with Gasteiger partial charge in [0.1, 0.15) is 5.69 Å². The number of H-pyrrole nitrogens is 2. The van der Waals surface area contributed by atoms with Crippen molar-refractivity contribution in [3.63, 3.8) is 0 Å². The first-order valence-corrected chi connectivity index (χ1v) is 9.33. The van der Waals surface area contributed by atoms with Crippen molar-refractivity contribution in [3.8, 4) is 11.1 Å². The fourth-order valence-electron chi connectivity index (χ4n) is 3.20. The van der Waals surface area contributed by atoms with Crippen LogP contribution in [-0.4, -0.2) is 26.1 Å². The molecule has 0 radical (unpaired) electrons. The summed E-state index contributed by atoms with van der Waals surface area (Å²) in [5.74, 6) is -0.223. The summed E-state index contributed by atoms with van der Waals surface area (Å²) in [5, 5.41) is 14.8. The lowest BCUT2D eigenvalue weighted by molar-refractivity contribution is 0.102. The normalized spacial score (nSPS) is 11.3. The lowest BCUT2D eigenvalue weighted by Crippen LogP contribution is -2.12. The zero-order chi connectivity index (χ0) is 18.4. The van der Waals surface area contributed by atoms with E-state index in [0.717, 1.165) is 37.9 Å². The predicted molar refractivity (Wildman–Crippen MR) is 108 cm³/mol. The maximum atomic E-state index is 12.6. The third-order valence-corrected chi connectivity index (χ3v) is 5.32. The molecule has 2 aromatic carbocycles. The number of hydrogen-bond acceptors (Lipinski definition) is 4. The molecule has 0 saturated heterocycles. The molecule has 0 fully saturated rings. The summed E-state index contributed by atoms with van der Waals surface area (Å²) < 4.78 is 0. The second-order valence-electron chi connectivity index (χ2n) is 6.34. The van der Waals surface area contributed by atoms with E-state index in [1.807, 2.05) is 31.3 Å². The van der Waals surface area contributed by atoms with Crippen LogP contribution in [0.2, 0.25) is 0 Å². The van der Waals surface area contributed by atoms with Gasteiger partial charge in [-0.25, -0.2) is 4.98 Å². The van der Waals surface area contributed by atoms with Gasteiger partial charge in [0.2, 0.25) is 0 Å². The summed E-state index contributed by atoms with van der Waals surface area (Å²) in [6.07, 6.45) is 3.64. The average molecular weight is 373 g/mol. The van der Waals surface area contributed by atoms with Gasteiger partial charge in [0.15, 0.2) is 0 Å². The lowest BCUT2D eigenvalue weighted by atomic mass is 10.0. The third kappa shape index (κ3) is 2.78. The van der Waals surface area contributed by atoms with E-state index in [0.29, 0.717) is 11.4 Å². The molecule has 0 spiro atoms. The monoisotopic (exact) mass is 373 g/mol. The number of benzene rings is 2. The summed E-state index contributed by atoms with van der Waals surface area (Å²) in [6, 6.07) is 12.3. The highest BCUT2D eigenvalue weighted by Gasteiger charge is 2.14. The van der Waals surface area contributed by atoms with Crippen LogP contribution in [0.3, 0.4) is 0 Å². The van der Waals surface area contributed by atoms with E-state index < -0.39 is 0 Å². The summed E-state index contributed by atoms with van der Waals surface area (Å²) in [6.45, 7) is 1.88. The number of hydrogen-bond donors (Lipinski definition) is 3. The number of carbonyl (C=O) groups excluding carboxylic acids is 1. The van der Waals surface area contributed by atoms with Crippen LogP contribution in [-0.2, 0) is 0 Å². The summed E-state index contributed by atoms with van der Waals surface area (Å²) in [5.41, 5.74) is 5.12. The van der Waals surface area contributed by atoms with Crippen LogP contribution in [0.5, 0.6) is 0 Å². The number of fused-ring (bicyclic) bond motifs is 2. The Bertz CT molecular complexity index is 1300. The quantitative estimate of drug-likeness (QED) is 0.427. The van der Waals surface area contributed by atoms with Crippen LogP contribution in [0.15, 0.2) is 54.2 Å². The van der Waals surface area contributed by atoms with Crippen LogP contribution < -0.4 is 5.32 Å². The van der Waals surface area contributed by atoms with E-state index in [1.54, 1.807) is 11.6 Å². The maximum Gasteiger partial charge on any atom is 0.275 e. The number of amides is 1. The topological polar surface area (TPSA) is 86.5 Å². The molecule has 3 N–H and O–H groups in total. The van der Waals surface area contributed by atoms with Crippen molar-refractivity contribution in [1.82, 2.24) is 20.2 Å². The Morgan fingerprint density at radius 3 is 2.85 bits per heavy atom. The van der Waals surface area contributed by atoms with Gasteiger partial charge >= 0.3 is 0 Å². The molecule has 0 aliphatic carbocycles. The number of aryl methyl sites for hydroxylation is 1. The molecule has 0 aliphatic rings. The minimum Gasteiger partial charge on any atom is -0.361 e. The molecule has 5 rings (SSSR count). The molecule has 1 amide bonds. The molecule has 6 nitrogen and oxygen atoms in total. The highest BCUT2D eigenvalue weighted by atomic mass is 32.1. The SMILES string of the molecule is Cc1nc(C(=O)Nc2cc(-c3ccc4cc[nH]c4c3)cc3[nH]ncc23)cs1. The van der Waals surface area contributed by atoms with E-state index in [9.17, 15) is 4.79 Å². The van der Waals surface area contributed by atoms with E-state index >= 15 is 0 Å². The Balaban J connectivity index is 1.59. The Kier molecular flexibility index (Phi) is 3.54. The van der Waals surface area contributed by atoms with Gasteiger partial charge in [-0.15, -0.1) is 11.3 Å². The fraction of sp³-hybridized carbons (Fsp3) is 0.0500. The highest BCUT2D eigenvalue weighted by molar-refractivity contribution is 7.09. The van der Waals surface area contributed by atoms with Crippen LogP contribution in [0, 0.1) is 6.92 Å². The predicted octanol–water partition coefficient (Wildman–Crippen LogP) is 4.73. The molecule has 0 unspecified atom stereocenters. The van der Waals surface area contributed by atoms with Gasteiger partial charge in [0, 0.05) is 22.5 Å². The zero-order valence-corrected chi connectivity index (χ0v) is 15.2. The second-order valence-corrected chi connectivity index (χ2v) is 7.40. The third-order valence-electron chi connectivity index (χ3n) is 4.55. The molecular formula is C20H15N5OS. The van der Waals surface area contributed by atoms with Gasteiger partial charge in [-0.3, -0.25) is 9.89 Å². The van der Waals surface area contributed by atoms with Gasteiger partial charge in [-0.05, 0) is 47.7 Å². The number of aromatic nitrogens is 4. The Labute approximate surface area is 158 Å². The molecule has 0 bridgehead atoms. The molecule has 0 atom stereocenters. The van der Waals surface area contributed by atoms with Gasteiger partial charge in [-0.2, -0.15) is 5.10 Å². The first-order chi connectivity index (χ1) is 13.2. The Hall–Kier alpha value is -3.45. The molecular weight excluding hydrogens is 358 g/mol. The number of nitrogens with zero attached hydrogens (tertiary/aromatic N) is 2. The van der Waals surface area contributed by atoms with Crippen molar-refractivity contribution < 1.29 is 4.79 Å². The molecule has 5 aromatic rings. The van der Waals surface area contributed by atoms with Crippen molar-refractivity contribution >= 4 is 44.7 Å². The largest absolute Gasteiger partial charge is 0.361 e. The van der Waals surface area contributed by atoms with Crippen LogP contribution >= 0.6 is 11.3 Å². The smallest absolute Gasteiger partial charge is 0.275 e. The highest BCUT2D eigenvalue weighted by Crippen LogP contribution is 2.31. The molecule has 0 aliphatic heterocycles. The van der Waals surface area contributed by atoms with Crippen LogP contribution in [0.4, 0.5) is 5.69 Å². The Morgan fingerprint density at radius 1 is 1.11 bits per heavy atom. The number of thiazole rings is 1. The van der Waals surface area contributed by atoms with Crippen molar-refractivity contribution in [2.75, 3.05) is 5.32 Å². The van der Waals surface area contributed by atoms with Crippen LogP contribution in [0.1, 0.15) is 15.5 Å². The maximum absolute atomic E-state index is 12.6. The van der Waals surface area contributed by atoms with E-state index in [1.165, 1.54) is 11.3 Å². The molecule has 3 aromatic heterocycles.